The Morgan fingerprint density at radius 1 is 1.21 bits per heavy atom. The summed E-state index contributed by atoms with van der Waals surface area (Å²) in [6.45, 7) is 3.77. The van der Waals surface area contributed by atoms with Gasteiger partial charge in [0.1, 0.15) is 0 Å². The number of rotatable bonds is 6. The van der Waals surface area contributed by atoms with Crippen LogP contribution in [0.15, 0.2) is 34.8 Å². The summed E-state index contributed by atoms with van der Waals surface area (Å²) in [4.78, 5) is 22.5. The van der Waals surface area contributed by atoms with Crippen LogP contribution in [-0.4, -0.2) is 20.9 Å². The Morgan fingerprint density at radius 3 is 2.46 bits per heavy atom. The van der Waals surface area contributed by atoms with E-state index in [9.17, 15) is 18.0 Å². The molecule has 0 atom stereocenters. The summed E-state index contributed by atoms with van der Waals surface area (Å²) in [7, 11) is 0. The number of imidazole rings is 1. The summed E-state index contributed by atoms with van der Waals surface area (Å²) < 4.78 is 40.0. The van der Waals surface area contributed by atoms with Crippen LogP contribution in [0.4, 0.5) is 18.3 Å². The number of aryl methyl sites for hydroxylation is 2. The number of thioether (sulfide) groups is 1. The van der Waals surface area contributed by atoms with E-state index in [0.29, 0.717) is 11.4 Å². The Morgan fingerprint density at radius 2 is 1.89 bits per heavy atom. The second kappa shape index (κ2) is 8.36. The topological polar surface area (TPSA) is 70.7 Å². The van der Waals surface area contributed by atoms with Crippen molar-refractivity contribution in [2.45, 2.75) is 37.4 Å². The Bertz CT molecular complexity index is 964. The Labute approximate surface area is 167 Å². The number of thiazole rings is 1. The van der Waals surface area contributed by atoms with Gasteiger partial charge in [-0.25, -0.2) is 9.97 Å². The van der Waals surface area contributed by atoms with Crippen LogP contribution < -0.4 is 5.32 Å². The van der Waals surface area contributed by atoms with E-state index in [2.05, 4.69) is 20.3 Å². The first-order valence-electron chi connectivity index (χ1n) is 8.37. The summed E-state index contributed by atoms with van der Waals surface area (Å²) >= 11 is 2.24. The molecule has 3 rings (SSSR count). The van der Waals surface area contributed by atoms with Crippen molar-refractivity contribution >= 4 is 34.1 Å². The van der Waals surface area contributed by atoms with Crippen LogP contribution in [0.2, 0.25) is 0 Å². The first-order valence-corrected chi connectivity index (χ1v) is 10.2. The van der Waals surface area contributed by atoms with Crippen molar-refractivity contribution in [1.82, 2.24) is 15.0 Å². The van der Waals surface area contributed by atoms with Crippen molar-refractivity contribution in [3.8, 4) is 0 Å². The van der Waals surface area contributed by atoms with E-state index >= 15 is 0 Å². The van der Waals surface area contributed by atoms with Gasteiger partial charge in [0.2, 0.25) is 0 Å². The van der Waals surface area contributed by atoms with Gasteiger partial charge < -0.3 is 4.98 Å². The minimum Gasteiger partial charge on any atom is -0.329 e. The number of hydrogen-bond acceptors (Lipinski definition) is 5. The van der Waals surface area contributed by atoms with Gasteiger partial charge in [-0.3, -0.25) is 10.1 Å². The van der Waals surface area contributed by atoms with Crippen molar-refractivity contribution in [1.29, 1.82) is 0 Å². The van der Waals surface area contributed by atoms with E-state index < -0.39 is 23.5 Å². The Balaban J connectivity index is 1.77. The average Bonchev–Trinajstić information content (AvgIpc) is 3.26. The number of halogens is 3. The maximum Gasteiger partial charge on any atom is 0.433 e. The molecule has 5 nitrogen and oxygen atoms in total. The number of anilines is 1. The number of carbonyl (C=O) groups is 1. The van der Waals surface area contributed by atoms with E-state index in [1.165, 1.54) is 5.56 Å². The highest BCUT2D eigenvalue weighted by Gasteiger charge is 2.39. The zero-order chi connectivity index (χ0) is 20.3. The van der Waals surface area contributed by atoms with Crippen LogP contribution in [0.3, 0.4) is 0 Å². The van der Waals surface area contributed by atoms with Gasteiger partial charge in [-0.1, -0.05) is 43.0 Å². The van der Waals surface area contributed by atoms with Gasteiger partial charge in [-0.15, -0.1) is 11.3 Å². The second-order valence-electron chi connectivity index (χ2n) is 5.97. The molecule has 0 fully saturated rings. The van der Waals surface area contributed by atoms with Crippen molar-refractivity contribution in [2.75, 3.05) is 5.32 Å². The van der Waals surface area contributed by atoms with Crippen molar-refractivity contribution < 1.29 is 18.0 Å². The van der Waals surface area contributed by atoms with Gasteiger partial charge in [0.25, 0.3) is 5.91 Å². The number of nitrogens with one attached hydrogen (secondary N) is 2. The molecule has 0 saturated heterocycles. The Hall–Kier alpha value is -2.33. The Kier molecular flexibility index (Phi) is 6.09. The largest absolute Gasteiger partial charge is 0.433 e. The van der Waals surface area contributed by atoms with Crippen LogP contribution >= 0.6 is 23.1 Å². The molecular formula is C18H17F3N4OS2. The quantitative estimate of drug-likeness (QED) is 0.525. The summed E-state index contributed by atoms with van der Waals surface area (Å²) in [5.74, 6) is -0.515. The van der Waals surface area contributed by atoms with Crippen LogP contribution in [0.5, 0.6) is 0 Å². The average molecular weight is 426 g/mol. The van der Waals surface area contributed by atoms with E-state index in [1.54, 1.807) is 12.3 Å². The van der Waals surface area contributed by atoms with Crippen LogP contribution in [-0.2, 0) is 18.3 Å². The van der Waals surface area contributed by atoms with E-state index in [1.807, 2.05) is 31.2 Å². The number of alkyl halides is 3. The van der Waals surface area contributed by atoms with E-state index in [-0.39, 0.29) is 10.3 Å². The predicted molar refractivity (Wildman–Crippen MR) is 104 cm³/mol. The minimum absolute atomic E-state index is 0.0346. The summed E-state index contributed by atoms with van der Waals surface area (Å²) in [5, 5.41) is 4.32. The van der Waals surface area contributed by atoms with Crippen molar-refractivity contribution in [3.63, 3.8) is 0 Å². The first kappa shape index (κ1) is 20.4. The molecule has 0 aliphatic heterocycles. The normalized spacial score (nSPS) is 11.6. The van der Waals surface area contributed by atoms with Gasteiger partial charge in [0, 0.05) is 11.1 Å². The molecule has 3 aromatic rings. The molecule has 1 aromatic carbocycles. The maximum atomic E-state index is 13.3. The van der Waals surface area contributed by atoms with Gasteiger partial charge in [0.15, 0.2) is 21.7 Å². The third-order valence-electron chi connectivity index (χ3n) is 3.83. The standard InChI is InChI=1S/C18H17F3N4OS2/c1-3-11-4-6-12(7-5-11)9-28-17-23-13(14(24-17)18(19,20)21)15(26)25-16-22-10(2)8-27-16/h4-8H,3,9H2,1-2H3,(H,23,24)(H,22,25,26). The number of amides is 1. The predicted octanol–water partition coefficient (Wildman–Crippen LogP) is 5.30. The SMILES string of the molecule is CCc1ccc(CSc2nc(C(=O)Nc3nc(C)cs3)c(C(F)(F)F)[nH]2)cc1. The lowest BCUT2D eigenvalue weighted by atomic mass is 10.1. The van der Waals surface area contributed by atoms with Crippen LogP contribution in [0.25, 0.3) is 0 Å². The molecule has 0 spiro atoms. The lowest BCUT2D eigenvalue weighted by Gasteiger charge is -2.05. The van der Waals surface area contributed by atoms with Crippen LogP contribution in [0.1, 0.15) is 39.9 Å². The molecule has 0 saturated carbocycles. The molecule has 2 N–H and O–H groups in total. The molecule has 0 aliphatic carbocycles. The summed E-state index contributed by atoms with van der Waals surface area (Å²) in [6.07, 6.45) is -3.81. The number of benzene rings is 1. The fourth-order valence-corrected chi connectivity index (χ4v) is 3.89. The lowest BCUT2D eigenvalue weighted by molar-refractivity contribution is -0.141. The van der Waals surface area contributed by atoms with E-state index in [4.69, 9.17) is 0 Å². The highest BCUT2D eigenvalue weighted by molar-refractivity contribution is 7.98. The van der Waals surface area contributed by atoms with Crippen molar-refractivity contribution in [3.05, 3.63) is 57.9 Å². The number of aromatic nitrogens is 3. The molecule has 10 heteroatoms. The molecule has 0 aliphatic rings. The fraction of sp³-hybridized carbons (Fsp3) is 0.278. The number of H-pyrrole nitrogens is 1. The zero-order valence-electron chi connectivity index (χ0n) is 15.1. The van der Waals surface area contributed by atoms with Gasteiger partial charge in [0.05, 0.1) is 5.69 Å². The molecule has 1 amide bonds. The number of carbonyl (C=O) groups excluding carboxylic acids is 1. The smallest absolute Gasteiger partial charge is 0.329 e. The summed E-state index contributed by atoms with van der Waals surface area (Å²) in [6, 6.07) is 7.82. The minimum atomic E-state index is -4.72. The molecule has 0 radical (unpaired) electrons. The van der Waals surface area contributed by atoms with E-state index in [0.717, 1.165) is 35.1 Å². The number of nitrogens with zero attached hydrogens (tertiary/aromatic N) is 2. The molecule has 0 bridgehead atoms. The highest BCUT2D eigenvalue weighted by atomic mass is 32.2. The van der Waals surface area contributed by atoms with Gasteiger partial charge >= 0.3 is 6.18 Å². The highest BCUT2D eigenvalue weighted by Crippen LogP contribution is 2.33. The maximum absolute atomic E-state index is 13.3. The molecule has 148 valence electrons. The fourth-order valence-electron chi connectivity index (χ4n) is 2.38. The second-order valence-corrected chi connectivity index (χ2v) is 7.79. The first-order chi connectivity index (χ1) is 13.3. The van der Waals surface area contributed by atoms with Crippen molar-refractivity contribution in [2.24, 2.45) is 0 Å². The lowest BCUT2D eigenvalue weighted by Crippen LogP contribution is -2.18. The summed E-state index contributed by atoms with van der Waals surface area (Å²) in [5.41, 5.74) is 0.953. The molecule has 0 unspecified atom stereocenters. The molecular weight excluding hydrogens is 409 g/mol. The van der Waals surface area contributed by atoms with Crippen LogP contribution in [0, 0.1) is 6.92 Å². The third kappa shape index (κ3) is 4.93. The monoisotopic (exact) mass is 426 g/mol. The molecule has 2 heterocycles. The third-order valence-corrected chi connectivity index (χ3v) is 5.65. The zero-order valence-corrected chi connectivity index (χ0v) is 16.7. The molecule has 2 aromatic heterocycles. The number of hydrogen-bond donors (Lipinski definition) is 2. The van der Waals surface area contributed by atoms with Gasteiger partial charge in [-0.05, 0) is 24.5 Å². The number of aromatic amines is 1. The van der Waals surface area contributed by atoms with Gasteiger partial charge in [-0.2, -0.15) is 13.2 Å². The molecule has 28 heavy (non-hydrogen) atoms.